The second kappa shape index (κ2) is 7.55. The van der Waals surface area contributed by atoms with Crippen molar-refractivity contribution in [2.75, 3.05) is 5.32 Å². The van der Waals surface area contributed by atoms with Gasteiger partial charge in [-0.25, -0.2) is 0 Å². The SMILES string of the molecule is Cc1ccc(NC(=O)Cn2nc([N+](=O)[O-])c(Br)c2C)c(OC(F)F)c1. The van der Waals surface area contributed by atoms with E-state index in [0.29, 0.717) is 11.3 Å². The van der Waals surface area contributed by atoms with Gasteiger partial charge < -0.3 is 20.2 Å². The van der Waals surface area contributed by atoms with Crippen molar-refractivity contribution in [2.24, 2.45) is 0 Å². The van der Waals surface area contributed by atoms with Crippen molar-refractivity contribution in [1.82, 2.24) is 9.78 Å². The maximum atomic E-state index is 12.5. The average Bonchev–Trinajstić information content (AvgIpc) is 2.78. The maximum absolute atomic E-state index is 12.5. The van der Waals surface area contributed by atoms with Gasteiger partial charge in [0, 0.05) is 0 Å². The molecule has 0 bridgehead atoms. The summed E-state index contributed by atoms with van der Waals surface area (Å²) < 4.78 is 30.6. The quantitative estimate of drug-likeness (QED) is 0.572. The zero-order valence-corrected chi connectivity index (χ0v) is 14.7. The van der Waals surface area contributed by atoms with Gasteiger partial charge in [-0.2, -0.15) is 13.5 Å². The number of alkyl halides is 2. The molecule has 134 valence electrons. The number of nitro groups is 1. The first-order chi connectivity index (χ1) is 11.7. The number of anilines is 1. The van der Waals surface area contributed by atoms with Crippen molar-refractivity contribution in [3.63, 3.8) is 0 Å². The van der Waals surface area contributed by atoms with Crippen LogP contribution in [0.2, 0.25) is 0 Å². The van der Waals surface area contributed by atoms with Gasteiger partial charge in [-0.05, 0) is 52.4 Å². The van der Waals surface area contributed by atoms with Gasteiger partial charge in [-0.3, -0.25) is 4.79 Å². The molecular weight excluding hydrogens is 406 g/mol. The fourth-order valence-electron chi connectivity index (χ4n) is 2.03. The Kier molecular flexibility index (Phi) is 5.67. The van der Waals surface area contributed by atoms with Crippen molar-refractivity contribution in [3.05, 3.63) is 44.0 Å². The van der Waals surface area contributed by atoms with Crippen LogP contribution >= 0.6 is 15.9 Å². The number of rotatable bonds is 6. The van der Waals surface area contributed by atoms with E-state index in [1.165, 1.54) is 12.1 Å². The molecule has 0 fully saturated rings. The summed E-state index contributed by atoms with van der Waals surface area (Å²) >= 11 is 3.05. The average molecular weight is 419 g/mol. The molecule has 0 aliphatic rings. The minimum absolute atomic E-state index is 0.0641. The zero-order valence-electron chi connectivity index (χ0n) is 13.1. The topological polar surface area (TPSA) is 99.3 Å². The summed E-state index contributed by atoms with van der Waals surface area (Å²) in [6.07, 6.45) is 0. The summed E-state index contributed by atoms with van der Waals surface area (Å²) in [7, 11) is 0. The van der Waals surface area contributed by atoms with Gasteiger partial charge >= 0.3 is 12.4 Å². The summed E-state index contributed by atoms with van der Waals surface area (Å²) in [5.41, 5.74) is 1.13. The van der Waals surface area contributed by atoms with E-state index in [1.807, 2.05) is 0 Å². The predicted octanol–water partition coefficient (Wildman–Crippen LogP) is 3.41. The highest BCUT2D eigenvalue weighted by Gasteiger charge is 2.24. The van der Waals surface area contributed by atoms with Gasteiger partial charge in [0.05, 0.1) is 16.5 Å². The number of amides is 1. The fraction of sp³-hybridized carbons (Fsp3) is 0.286. The number of hydrogen-bond donors (Lipinski definition) is 1. The normalized spacial score (nSPS) is 10.8. The molecule has 8 nitrogen and oxygen atoms in total. The Labute approximate surface area is 149 Å². The summed E-state index contributed by atoms with van der Waals surface area (Å²) in [5.74, 6) is -1.19. The summed E-state index contributed by atoms with van der Waals surface area (Å²) in [4.78, 5) is 22.3. The molecule has 0 atom stereocenters. The highest BCUT2D eigenvalue weighted by Crippen LogP contribution is 2.29. The van der Waals surface area contributed by atoms with Gasteiger partial charge in [0.15, 0.2) is 0 Å². The Morgan fingerprint density at radius 2 is 2.16 bits per heavy atom. The van der Waals surface area contributed by atoms with E-state index in [2.05, 4.69) is 31.1 Å². The molecule has 1 N–H and O–H groups in total. The molecule has 1 aromatic heterocycles. The minimum Gasteiger partial charge on any atom is -0.433 e. The molecule has 1 heterocycles. The smallest absolute Gasteiger partial charge is 0.404 e. The molecule has 0 spiro atoms. The van der Waals surface area contributed by atoms with E-state index in [4.69, 9.17) is 0 Å². The van der Waals surface area contributed by atoms with Gasteiger partial charge in [-0.1, -0.05) is 6.07 Å². The van der Waals surface area contributed by atoms with Crippen molar-refractivity contribution in [2.45, 2.75) is 27.0 Å². The third-order valence-electron chi connectivity index (χ3n) is 3.21. The van der Waals surface area contributed by atoms with E-state index in [9.17, 15) is 23.7 Å². The summed E-state index contributed by atoms with van der Waals surface area (Å²) in [5, 5.41) is 17.0. The Morgan fingerprint density at radius 1 is 1.48 bits per heavy atom. The lowest BCUT2D eigenvalue weighted by Crippen LogP contribution is -2.21. The Hall–Kier alpha value is -2.56. The maximum Gasteiger partial charge on any atom is 0.404 e. The van der Waals surface area contributed by atoms with E-state index in [1.54, 1.807) is 19.9 Å². The number of halogens is 3. The van der Waals surface area contributed by atoms with Crippen molar-refractivity contribution >= 4 is 33.3 Å². The fourth-order valence-corrected chi connectivity index (χ4v) is 2.46. The summed E-state index contributed by atoms with van der Waals surface area (Å²) in [6.45, 7) is -0.132. The van der Waals surface area contributed by atoms with Crippen LogP contribution < -0.4 is 10.1 Å². The van der Waals surface area contributed by atoms with Crippen LogP contribution in [0.5, 0.6) is 5.75 Å². The van der Waals surface area contributed by atoms with Gasteiger partial charge in [0.1, 0.15) is 16.8 Å². The number of aromatic nitrogens is 2. The van der Waals surface area contributed by atoms with E-state index in [-0.39, 0.29) is 22.5 Å². The van der Waals surface area contributed by atoms with Crippen LogP contribution in [0.15, 0.2) is 22.7 Å². The molecule has 2 rings (SSSR count). The largest absolute Gasteiger partial charge is 0.433 e. The van der Waals surface area contributed by atoms with Crippen LogP contribution in [0.25, 0.3) is 0 Å². The van der Waals surface area contributed by atoms with Crippen LogP contribution in [0.4, 0.5) is 20.3 Å². The number of benzene rings is 1. The van der Waals surface area contributed by atoms with Gasteiger partial charge in [-0.15, -0.1) is 0 Å². The lowest BCUT2D eigenvalue weighted by molar-refractivity contribution is -0.390. The molecule has 0 unspecified atom stereocenters. The highest BCUT2D eigenvalue weighted by molar-refractivity contribution is 9.10. The van der Waals surface area contributed by atoms with Crippen LogP contribution in [-0.4, -0.2) is 27.2 Å². The third-order valence-corrected chi connectivity index (χ3v) is 4.14. The summed E-state index contributed by atoms with van der Waals surface area (Å²) in [6, 6.07) is 4.41. The molecule has 0 saturated heterocycles. The zero-order chi connectivity index (χ0) is 18.7. The highest BCUT2D eigenvalue weighted by atomic mass is 79.9. The standard InChI is InChI=1S/C14H13BrF2N4O4/c1-7-3-4-9(10(5-7)25-14(16)17)18-11(22)6-20-8(2)12(15)13(19-20)21(23)24/h3-5,14H,6H2,1-2H3,(H,18,22). The molecule has 0 aliphatic carbocycles. The van der Waals surface area contributed by atoms with Gasteiger partial charge in [0.2, 0.25) is 5.91 Å². The van der Waals surface area contributed by atoms with E-state index in [0.717, 1.165) is 4.68 Å². The van der Waals surface area contributed by atoms with Crippen LogP contribution in [0.3, 0.4) is 0 Å². The molecular formula is C14H13BrF2N4O4. The Balaban J connectivity index is 2.19. The lowest BCUT2D eigenvalue weighted by atomic mass is 10.2. The number of hydrogen-bond acceptors (Lipinski definition) is 5. The molecule has 1 amide bonds. The molecule has 2 aromatic rings. The minimum atomic E-state index is -3.04. The van der Waals surface area contributed by atoms with Gasteiger partial charge in [0.25, 0.3) is 0 Å². The molecule has 25 heavy (non-hydrogen) atoms. The molecule has 11 heteroatoms. The first kappa shape index (κ1) is 18.8. The number of nitrogens with zero attached hydrogens (tertiary/aromatic N) is 3. The first-order valence-corrected chi connectivity index (χ1v) is 7.71. The van der Waals surface area contributed by atoms with Crippen LogP contribution in [0, 0.1) is 24.0 Å². The van der Waals surface area contributed by atoms with Crippen molar-refractivity contribution in [1.29, 1.82) is 0 Å². The Bertz CT molecular complexity index is 825. The lowest BCUT2D eigenvalue weighted by Gasteiger charge is -2.12. The number of aryl methyl sites for hydroxylation is 1. The number of carbonyl (C=O) groups is 1. The van der Waals surface area contributed by atoms with Crippen molar-refractivity contribution < 1.29 is 23.2 Å². The molecule has 1 aromatic carbocycles. The van der Waals surface area contributed by atoms with E-state index < -0.39 is 23.3 Å². The number of ether oxygens (including phenoxy) is 1. The molecule has 0 radical (unpaired) electrons. The van der Waals surface area contributed by atoms with Crippen LogP contribution in [0.1, 0.15) is 11.3 Å². The first-order valence-electron chi connectivity index (χ1n) is 6.91. The number of nitrogens with one attached hydrogen (secondary N) is 1. The van der Waals surface area contributed by atoms with Crippen LogP contribution in [-0.2, 0) is 11.3 Å². The van der Waals surface area contributed by atoms with Crippen molar-refractivity contribution in [3.8, 4) is 5.75 Å². The Morgan fingerprint density at radius 3 is 2.72 bits per heavy atom. The predicted molar refractivity (Wildman–Crippen MR) is 87.8 cm³/mol. The van der Waals surface area contributed by atoms with E-state index >= 15 is 0 Å². The second-order valence-corrected chi connectivity index (χ2v) is 5.86. The molecule has 0 aliphatic heterocycles. The second-order valence-electron chi connectivity index (χ2n) is 5.06. The number of carbonyl (C=O) groups excluding carboxylic acids is 1. The third kappa shape index (κ3) is 4.50. The molecule has 0 saturated carbocycles. The monoisotopic (exact) mass is 418 g/mol.